The highest BCUT2D eigenvalue weighted by Gasteiger charge is 2.41. The van der Waals surface area contributed by atoms with Crippen LogP contribution in [-0.4, -0.2) is 29.3 Å². The van der Waals surface area contributed by atoms with E-state index in [0.29, 0.717) is 17.7 Å². The number of anilines is 1. The van der Waals surface area contributed by atoms with Gasteiger partial charge in [-0.2, -0.15) is 0 Å². The minimum atomic E-state index is -0.226. The highest BCUT2D eigenvalue weighted by atomic mass is 16.5. The summed E-state index contributed by atoms with van der Waals surface area (Å²) < 4.78 is 11.6. The first-order valence-corrected chi connectivity index (χ1v) is 9.01. The maximum Gasteiger partial charge on any atom is 0.319 e. The minimum Gasteiger partial charge on any atom is -0.439 e. The minimum absolute atomic E-state index is 0.105. The SMILES string of the molecule is Cc1cccc(Oc2ccc(NC(=O)N[C@H]3C[C@H]4CC[C@H]3O4)cn2)c1C. The molecule has 0 spiro atoms. The van der Waals surface area contributed by atoms with Crippen molar-refractivity contribution in [2.24, 2.45) is 0 Å². The molecule has 0 radical (unpaired) electrons. The van der Waals surface area contributed by atoms with E-state index < -0.39 is 0 Å². The Morgan fingerprint density at radius 2 is 2.12 bits per heavy atom. The molecule has 6 nitrogen and oxygen atoms in total. The normalized spacial score (nSPS) is 23.7. The summed E-state index contributed by atoms with van der Waals surface area (Å²) in [5.74, 6) is 1.28. The van der Waals surface area contributed by atoms with Gasteiger partial charge in [-0.25, -0.2) is 9.78 Å². The molecule has 3 heterocycles. The predicted octanol–water partition coefficient (Wildman–Crippen LogP) is 3.93. The third-order valence-corrected chi connectivity index (χ3v) is 5.19. The summed E-state index contributed by atoms with van der Waals surface area (Å²) in [6, 6.07) is 9.33. The Balaban J connectivity index is 1.34. The maximum atomic E-state index is 12.2. The summed E-state index contributed by atoms with van der Waals surface area (Å²) >= 11 is 0. The second-order valence-electron chi connectivity index (χ2n) is 7.00. The molecule has 0 saturated carbocycles. The molecule has 2 bridgehead atoms. The molecule has 4 rings (SSSR count). The van der Waals surface area contributed by atoms with Gasteiger partial charge in [-0.3, -0.25) is 0 Å². The number of fused-ring (bicyclic) bond motifs is 2. The fourth-order valence-electron chi connectivity index (χ4n) is 3.59. The van der Waals surface area contributed by atoms with Crippen molar-refractivity contribution >= 4 is 11.7 Å². The third-order valence-electron chi connectivity index (χ3n) is 5.19. The van der Waals surface area contributed by atoms with Crippen molar-refractivity contribution < 1.29 is 14.3 Å². The number of carbonyl (C=O) groups excluding carboxylic acids is 1. The Bertz CT molecular complexity index is 806. The average Bonchev–Trinajstić information content (AvgIpc) is 3.23. The van der Waals surface area contributed by atoms with Gasteiger partial charge < -0.3 is 20.1 Å². The molecule has 2 N–H and O–H groups in total. The molecule has 2 fully saturated rings. The number of ether oxygens (including phenoxy) is 2. The summed E-state index contributed by atoms with van der Waals surface area (Å²) in [4.78, 5) is 16.4. The standard InChI is InChI=1S/C20H23N3O3/c1-12-4-3-5-17(13(12)2)26-19-9-6-14(11-21-19)22-20(24)23-16-10-15-7-8-18(16)25-15/h3-6,9,11,15-16,18H,7-8,10H2,1-2H3,(H2,22,23,24)/t15-,16+,18-/m1/s1. The Hall–Kier alpha value is -2.60. The van der Waals surface area contributed by atoms with Crippen LogP contribution >= 0.6 is 0 Å². The second-order valence-corrected chi connectivity index (χ2v) is 7.00. The highest BCUT2D eigenvalue weighted by Crippen LogP contribution is 2.34. The van der Waals surface area contributed by atoms with E-state index in [0.717, 1.165) is 30.6 Å². The van der Waals surface area contributed by atoms with Gasteiger partial charge in [0.15, 0.2) is 0 Å². The van der Waals surface area contributed by atoms with Crippen molar-refractivity contribution in [3.63, 3.8) is 0 Å². The van der Waals surface area contributed by atoms with Gasteiger partial charge in [0, 0.05) is 6.07 Å². The van der Waals surface area contributed by atoms with Crippen molar-refractivity contribution in [3.8, 4) is 11.6 Å². The molecule has 2 aliphatic heterocycles. The number of hydrogen-bond donors (Lipinski definition) is 2. The lowest BCUT2D eigenvalue weighted by atomic mass is 9.96. The molecule has 26 heavy (non-hydrogen) atoms. The fraction of sp³-hybridized carbons (Fsp3) is 0.400. The molecular formula is C20H23N3O3. The van der Waals surface area contributed by atoms with Crippen LogP contribution in [0, 0.1) is 13.8 Å². The summed E-state index contributed by atoms with van der Waals surface area (Å²) in [5.41, 5.74) is 2.88. The van der Waals surface area contributed by atoms with Crippen LogP contribution < -0.4 is 15.4 Å². The van der Waals surface area contributed by atoms with E-state index in [-0.39, 0.29) is 18.2 Å². The lowest BCUT2D eigenvalue weighted by molar-refractivity contribution is 0.0984. The van der Waals surface area contributed by atoms with Crippen LogP contribution in [0.2, 0.25) is 0 Å². The number of carbonyl (C=O) groups is 1. The van der Waals surface area contributed by atoms with Crippen molar-refractivity contribution in [1.29, 1.82) is 0 Å². The molecule has 0 unspecified atom stereocenters. The Morgan fingerprint density at radius 1 is 1.23 bits per heavy atom. The predicted molar refractivity (Wildman–Crippen MR) is 98.7 cm³/mol. The smallest absolute Gasteiger partial charge is 0.319 e. The van der Waals surface area contributed by atoms with Crippen molar-refractivity contribution in [3.05, 3.63) is 47.7 Å². The van der Waals surface area contributed by atoms with E-state index in [4.69, 9.17) is 9.47 Å². The average molecular weight is 353 g/mol. The molecule has 136 valence electrons. The van der Waals surface area contributed by atoms with Crippen molar-refractivity contribution in [2.75, 3.05) is 5.32 Å². The lowest BCUT2D eigenvalue weighted by Crippen LogP contribution is -2.43. The first kappa shape index (κ1) is 16.8. The van der Waals surface area contributed by atoms with Crippen LogP contribution in [0.4, 0.5) is 10.5 Å². The number of rotatable bonds is 4. The molecule has 2 amide bonds. The lowest BCUT2D eigenvalue weighted by Gasteiger charge is -2.20. The largest absolute Gasteiger partial charge is 0.439 e. The Labute approximate surface area is 152 Å². The summed E-state index contributed by atoms with van der Waals surface area (Å²) in [6.45, 7) is 4.06. The second kappa shape index (κ2) is 6.96. The van der Waals surface area contributed by atoms with Gasteiger partial charge in [-0.1, -0.05) is 12.1 Å². The topological polar surface area (TPSA) is 72.5 Å². The van der Waals surface area contributed by atoms with Gasteiger partial charge in [0.1, 0.15) is 5.75 Å². The number of amides is 2. The molecule has 1 aromatic heterocycles. The van der Waals surface area contributed by atoms with Gasteiger partial charge in [-0.15, -0.1) is 0 Å². The van der Waals surface area contributed by atoms with Crippen LogP contribution in [0.15, 0.2) is 36.5 Å². The first-order chi connectivity index (χ1) is 12.6. The molecule has 2 aromatic rings. The number of nitrogens with zero attached hydrogens (tertiary/aromatic N) is 1. The van der Waals surface area contributed by atoms with E-state index >= 15 is 0 Å². The summed E-state index contributed by atoms with van der Waals surface area (Å²) in [7, 11) is 0. The van der Waals surface area contributed by atoms with Crippen LogP contribution in [0.3, 0.4) is 0 Å². The number of aryl methyl sites for hydroxylation is 1. The number of pyridine rings is 1. The molecule has 6 heteroatoms. The molecular weight excluding hydrogens is 330 g/mol. The first-order valence-electron chi connectivity index (χ1n) is 9.01. The number of urea groups is 1. The highest BCUT2D eigenvalue weighted by molar-refractivity contribution is 5.89. The summed E-state index contributed by atoms with van der Waals surface area (Å²) in [6.07, 6.45) is 5.11. The Morgan fingerprint density at radius 3 is 2.81 bits per heavy atom. The van der Waals surface area contributed by atoms with Crippen LogP contribution in [0.1, 0.15) is 30.4 Å². The zero-order valence-electron chi connectivity index (χ0n) is 15.0. The van der Waals surface area contributed by atoms with Crippen LogP contribution in [-0.2, 0) is 4.74 Å². The van der Waals surface area contributed by atoms with E-state index in [1.807, 2.05) is 32.0 Å². The van der Waals surface area contributed by atoms with Crippen molar-refractivity contribution in [1.82, 2.24) is 10.3 Å². The van der Waals surface area contributed by atoms with Gasteiger partial charge in [0.25, 0.3) is 0 Å². The van der Waals surface area contributed by atoms with Gasteiger partial charge in [0.2, 0.25) is 5.88 Å². The number of aromatic nitrogens is 1. The van der Waals surface area contributed by atoms with Crippen molar-refractivity contribution in [2.45, 2.75) is 51.4 Å². The molecule has 3 atom stereocenters. The van der Waals surface area contributed by atoms with Gasteiger partial charge in [0.05, 0.1) is 30.1 Å². The summed E-state index contributed by atoms with van der Waals surface area (Å²) in [5, 5.41) is 5.81. The zero-order valence-corrected chi connectivity index (χ0v) is 15.0. The van der Waals surface area contributed by atoms with Gasteiger partial charge in [-0.05, 0) is 56.4 Å². The third kappa shape index (κ3) is 3.51. The zero-order chi connectivity index (χ0) is 18.1. The van der Waals surface area contributed by atoms with E-state index in [9.17, 15) is 4.79 Å². The quantitative estimate of drug-likeness (QED) is 0.873. The molecule has 2 saturated heterocycles. The monoisotopic (exact) mass is 353 g/mol. The molecule has 1 aromatic carbocycles. The van der Waals surface area contributed by atoms with Gasteiger partial charge >= 0.3 is 6.03 Å². The molecule has 2 aliphatic rings. The van der Waals surface area contributed by atoms with E-state index in [1.54, 1.807) is 18.3 Å². The number of benzene rings is 1. The molecule has 0 aliphatic carbocycles. The van der Waals surface area contributed by atoms with E-state index in [1.165, 1.54) is 5.56 Å². The van der Waals surface area contributed by atoms with E-state index in [2.05, 4.69) is 15.6 Å². The maximum absolute atomic E-state index is 12.2. The Kier molecular flexibility index (Phi) is 4.51. The number of nitrogens with one attached hydrogen (secondary N) is 2. The van der Waals surface area contributed by atoms with Crippen LogP contribution in [0.5, 0.6) is 11.6 Å². The van der Waals surface area contributed by atoms with Crippen LogP contribution in [0.25, 0.3) is 0 Å². The fourth-order valence-corrected chi connectivity index (χ4v) is 3.59. The number of hydrogen-bond acceptors (Lipinski definition) is 4.